The Hall–Kier alpha value is -1.84. The molecule has 1 heterocycles. The second-order valence-corrected chi connectivity index (χ2v) is 8.04. The van der Waals surface area contributed by atoms with Crippen molar-refractivity contribution in [1.82, 2.24) is 0 Å². The molecule has 7 nitrogen and oxygen atoms in total. The molecule has 1 fully saturated rings. The van der Waals surface area contributed by atoms with Crippen LogP contribution >= 0.6 is 0 Å². The third-order valence-corrected chi connectivity index (χ3v) is 5.26. The first kappa shape index (κ1) is 26.2. The monoisotopic (exact) mass is 434 g/mol. The number of carbonyl (C=O) groups is 2. The number of ether oxygens (including phenoxy) is 3. The highest BCUT2D eigenvalue weighted by molar-refractivity contribution is 5.83. The zero-order valence-electron chi connectivity index (χ0n) is 18.1. The molecule has 1 rings (SSSR count). The van der Waals surface area contributed by atoms with Crippen LogP contribution in [0.25, 0.3) is 0 Å². The summed E-state index contributed by atoms with van der Waals surface area (Å²) in [5, 5.41) is 21.0. The smallest absolute Gasteiger partial charge is 0.330 e. The quantitative estimate of drug-likeness (QED) is 0.327. The molecule has 0 aromatic heterocycles. The molecule has 0 radical (unpaired) electrons. The Balaban J connectivity index is 3.33. The molecule has 0 aliphatic carbocycles. The van der Waals surface area contributed by atoms with Gasteiger partial charge in [0.15, 0.2) is 0 Å². The van der Waals surface area contributed by atoms with E-state index in [0.717, 1.165) is 13.2 Å². The maximum Gasteiger partial charge on any atom is 0.330 e. The highest BCUT2D eigenvalue weighted by Crippen LogP contribution is 2.53. The minimum absolute atomic E-state index is 0.133. The number of halogens is 2. The number of aliphatic hydroxyl groups excluding tert-OH is 1. The maximum absolute atomic E-state index is 15.2. The molecular formula is C21H32F2O7. The third kappa shape index (κ3) is 5.44. The maximum atomic E-state index is 15.2. The summed E-state index contributed by atoms with van der Waals surface area (Å²) in [5.74, 6) is -8.53. The van der Waals surface area contributed by atoms with Crippen molar-refractivity contribution in [1.29, 1.82) is 0 Å². The van der Waals surface area contributed by atoms with Crippen LogP contribution < -0.4 is 0 Å². The van der Waals surface area contributed by atoms with Gasteiger partial charge in [-0.2, -0.15) is 8.78 Å². The Labute approximate surface area is 175 Å². The molecule has 1 aliphatic heterocycles. The van der Waals surface area contributed by atoms with Gasteiger partial charge >= 0.3 is 17.9 Å². The molecule has 1 saturated heterocycles. The molecule has 4 atom stereocenters. The Kier molecular flexibility index (Phi) is 8.71. The van der Waals surface area contributed by atoms with Gasteiger partial charge in [-0.05, 0) is 13.3 Å². The molecule has 0 amide bonds. The zero-order chi connectivity index (χ0) is 23.3. The van der Waals surface area contributed by atoms with Gasteiger partial charge < -0.3 is 24.4 Å². The van der Waals surface area contributed by atoms with Crippen LogP contribution in [0.5, 0.6) is 0 Å². The van der Waals surface area contributed by atoms with E-state index in [0.29, 0.717) is 12.5 Å². The SMILES string of the molecule is C=CC(C)(C)[C@]1(O)O[C@H](C[C@@H](OC(=O)CCC)[C@@H](C)O)C/C(=C\C(=O)OC)C1(F)F. The largest absolute Gasteiger partial charge is 0.466 e. The molecular weight excluding hydrogens is 402 g/mol. The molecule has 30 heavy (non-hydrogen) atoms. The lowest BCUT2D eigenvalue weighted by molar-refractivity contribution is -0.373. The molecule has 0 unspecified atom stereocenters. The first-order valence-electron chi connectivity index (χ1n) is 9.83. The zero-order valence-corrected chi connectivity index (χ0v) is 18.1. The average molecular weight is 434 g/mol. The molecule has 172 valence electrons. The second kappa shape index (κ2) is 9.98. The van der Waals surface area contributed by atoms with Crippen LogP contribution in [0.3, 0.4) is 0 Å². The minimum atomic E-state index is -3.94. The number of hydrogen-bond donors (Lipinski definition) is 2. The van der Waals surface area contributed by atoms with E-state index < -0.39 is 59.4 Å². The van der Waals surface area contributed by atoms with E-state index in [9.17, 15) is 19.8 Å². The lowest BCUT2D eigenvalue weighted by Crippen LogP contribution is -2.64. The summed E-state index contributed by atoms with van der Waals surface area (Å²) in [6.45, 7) is 9.32. The van der Waals surface area contributed by atoms with Crippen LogP contribution in [-0.4, -0.2) is 59.3 Å². The van der Waals surface area contributed by atoms with Crippen LogP contribution in [0, 0.1) is 5.41 Å². The van der Waals surface area contributed by atoms with Crippen molar-refractivity contribution in [2.75, 3.05) is 7.11 Å². The van der Waals surface area contributed by atoms with Gasteiger partial charge in [-0.25, -0.2) is 4.79 Å². The molecule has 9 heteroatoms. The van der Waals surface area contributed by atoms with Crippen molar-refractivity contribution >= 4 is 11.9 Å². The van der Waals surface area contributed by atoms with Gasteiger partial charge in [0, 0.05) is 36.3 Å². The molecule has 0 aromatic rings. The second-order valence-electron chi connectivity index (χ2n) is 8.04. The van der Waals surface area contributed by atoms with Gasteiger partial charge in [0.1, 0.15) is 6.10 Å². The van der Waals surface area contributed by atoms with E-state index in [1.807, 2.05) is 0 Å². The Morgan fingerprint density at radius 3 is 2.50 bits per heavy atom. The molecule has 0 aromatic carbocycles. The summed E-state index contributed by atoms with van der Waals surface area (Å²) in [4.78, 5) is 23.5. The first-order valence-corrected chi connectivity index (χ1v) is 9.83. The lowest BCUT2D eigenvalue weighted by atomic mass is 9.74. The van der Waals surface area contributed by atoms with Crippen LogP contribution in [0.1, 0.15) is 53.4 Å². The van der Waals surface area contributed by atoms with Crippen molar-refractivity contribution in [2.24, 2.45) is 5.41 Å². The van der Waals surface area contributed by atoms with E-state index in [1.165, 1.54) is 20.8 Å². The van der Waals surface area contributed by atoms with E-state index in [2.05, 4.69) is 11.3 Å². The summed E-state index contributed by atoms with van der Waals surface area (Å²) in [5.41, 5.74) is -2.31. The van der Waals surface area contributed by atoms with E-state index in [-0.39, 0.29) is 12.8 Å². The number of esters is 2. The Bertz CT molecular complexity index is 672. The van der Waals surface area contributed by atoms with Crippen molar-refractivity contribution in [3.05, 3.63) is 24.3 Å². The van der Waals surface area contributed by atoms with Gasteiger partial charge in [0.05, 0.1) is 19.3 Å². The molecule has 0 saturated carbocycles. The number of alkyl halides is 2. The van der Waals surface area contributed by atoms with Gasteiger partial charge in [0.25, 0.3) is 0 Å². The Morgan fingerprint density at radius 1 is 1.43 bits per heavy atom. The third-order valence-electron chi connectivity index (χ3n) is 5.26. The van der Waals surface area contributed by atoms with Gasteiger partial charge in [-0.15, -0.1) is 6.58 Å². The fraction of sp³-hybridized carbons (Fsp3) is 0.714. The number of hydrogen-bond acceptors (Lipinski definition) is 7. The van der Waals surface area contributed by atoms with Crippen LogP contribution in [-0.2, 0) is 23.8 Å². The van der Waals surface area contributed by atoms with Crippen LogP contribution in [0.2, 0.25) is 0 Å². The van der Waals surface area contributed by atoms with E-state index in [1.54, 1.807) is 6.92 Å². The number of methoxy groups -OCH3 is 1. The predicted octanol–water partition coefficient (Wildman–Crippen LogP) is 2.89. The van der Waals surface area contributed by atoms with E-state index >= 15 is 8.78 Å². The number of carbonyl (C=O) groups excluding carboxylic acids is 2. The number of aliphatic hydroxyl groups is 2. The molecule has 0 bridgehead atoms. The van der Waals surface area contributed by atoms with Gasteiger partial charge in [0.2, 0.25) is 5.79 Å². The molecule has 0 spiro atoms. The fourth-order valence-corrected chi connectivity index (χ4v) is 3.16. The summed E-state index contributed by atoms with van der Waals surface area (Å²) in [7, 11) is 1.05. The Morgan fingerprint density at radius 2 is 2.03 bits per heavy atom. The summed E-state index contributed by atoms with van der Waals surface area (Å²) in [6.07, 6.45) is -1.42. The van der Waals surface area contributed by atoms with Crippen LogP contribution in [0.15, 0.2) is 24.3 Å². The first-order chi connectivity index (χ1) is 13.8. The van der Waals surface area contributed by atoms with Crippen molar-refractivity contribution < 1.29 is 42.8 Å². The molecule has 2 N–H and O–H groups in total. The highest BCUT2D eigenvalue weighted by Gasteiger charge is 2.67. The van der Waals surface area contributed by atoms with Crippen LogP contribution in [0.4, 0.5) is 8.78 Å². The van der Waals surface area contributed by atoms with Gasteiger partial charge in [-0.3, -0.25) is 4.79 Å². The minimum Gasteiger partial charge on any atom is -0.466 e. The predicted molar refractivity (Wildman–Crippen MR) is 105 cm³/mol. The average Bonchev–Trinajstić information content (AvgIpc) is 2.65. The fourth-order valence-electron chi connectivity index (χ4n) is 3.16. The van der Waals surface area contributed by atoms with E-state index in [4.69, 9.17) is 9.47 Å². The van der Waals surface area contributed by atoms with Crippen molar-refractivity contribution in [2.45, 2.75) is 83.4 Å². The van der Waals surface area contributed by atoms with Crippen molar-refractivity contribution in [3.8, 4) is 0 Å². The normalized spacial score (nSPS) is 27.2. The highest BCUT2D eigenvalue weighted by atomic mass is 19.3. The summed E-state index contributed by atoms with van der Waals surface area (Å²) >= 11 is 0. The summed E-state index contributed by atoms with van der Waals surface area (Å²) in [6, 6.07) is 0. The lowest BCUT2D eigenvalue weighted by Gasteiger charge is -2.51. The van der Waals surface area contributed by atoms with Gasteiger partial charge in [-0.1, -0.05) is 26.8 Å². The summed E-state index contributed by atoms with van der Waals surface area (Å²) < 4.78 is 45.7. The number of rotatable bonds is 9. The molecule has 1 aliphatic rings. The topological polar surface area (TPSA) is 102 Å². The van der Waals surface area contributed by atoms with Crippen molar-refractivity contribution in [3.63, 3.8) is 0 Å². The standard InChI is InChI=1S/C21H32F2O7/c1-7-9-17(25)29-16(13(3)24)12-15-10-14(11-18(26)28-6)20(22,23)21(27,30-15)19(4,5)8-2/h8,11,13,15-16,24,27H,2,7,9-10,12H2,1,3-6H3/b14-11+/t13-,15+,16-,21+/m1/s1.